The number of carbonyl (C=O) groups is 1. The fourth-order valence-corrected chi connectivity index (χ4v) is 1.81. The van der Waals surface area contributed by atoms with Crippen molar-refractivity contribution in [3.05, 3.63) is 34.9 Å². The fourth-order valence-electron chi connectivity index (χ4n) is 1.81. The molecule has 0 heterocycles. The van der Waals surface area contributed by atoms with Gasteiger partial charge in [-0.1, -0.05) is 19.1 Å². The first-order chi connectivity index (χ1) is 6.24. The lowest BCUT2D eigenvalue weighted by molar-refractivity contribution is 0.0946. The summed E-state index contributed by atoms with van der Waals surface area (Å²) < 4.78 is 0. The van der Waals surface area contributed by atoms with E-state index in [-0.39, 0.29) is 11.7 Å². The fraction of sp³-hybridized carbons (Fsp3) is 0.273. The maximum atomic E-state index is 11.6. The molecule has 13 heavy (non-hydrogen) atoms. The second kappa shape index (κ2) is 2.70. The minimum atomic E-state index is 0.0458. The highest BCUT2D eigenvalue weighted by molar-refractivity contribution is 6.02. The Labute approximate surface area is 76.8 Å². The molecular formula is C11H9NO. The first-order valence-corrected chi connectivity index (χ1v) is 4.30. The van der Waals surface area contributed by atoms with Gasteiger partial charge in [0.25, 0.3) is 0 Å². The van der Waals surface area contributed by atoms with E-state index in [4.69, 9.17) is 5.26 Å². The summed E-state index contributed by atoms with van der Waals surface area (Å²) in [5, 5.41) is 8.81. The zero-order valence-electron chi connectivity index (χ0n) is 7.37. The summed E-state index contributed by atoms with van der Waals surface area (Å²) in [4.78, 5) is 11.6. The van der Waals surface area contributed by atoms with Crippen LogP contribution in [0.4, 0.5) is 0 Å². The monoisotopic (exact) mass is 171 g/mol. The number of fused-ring (bicyclic) bond motifs is 1. The Hall–Kier alpha value is -1.62. The van der Waals surface area contributed by atoms with Gasteiger partial charge in [-0.25, -0.2) is 0 Å². The lowest BCUT2D eigenvalue weighted by Gasteiger charge is -1.97. The molecule has 2 heteroatoms. The summed E-state index contributed by atoms with van der Waals surface area (Å²) >= 11 is 0. The standard InChI is InChI=1S/C11H9NO/c1-7-5-10-8(6-12)3-2-4-9(10)11(7)13/h2-4,7H,5H2,1H3. The molecule has 1 aromatic carbocycles. The molecule has 1 aliphatic rings. The van der Waals surface area contributed by atoms with Crippen LogP contribution in [0.2, 0.25) is 0 Å². The predicted molar refractivity (Wildman–Crippen MR) is 48.4 cm³/mol. The van der Waals surface area contributed by atoms with Gasteiger partial charge in [-0.3, -0.25) is 4.79 Å². The zero-order valence-corrected chi connectivity index (χ0v) is 7.37. The summed E-state index contributed by atoms with van der Waals surface area (Å²) in [5.74, 6) is 0.219. The van der Waals surface area contributed by atoms with Crippen molar-refractivity contribution in [2.24, 2.45) is 5.92 Å². The second-order valence-corrected chi connectivity index (χ2v) is 3.41. The Balaban J connectivity index is 2.64. The molecule has 0 saturated heterocycles. The molecule has 1 aromatic rings. The zero-order chi connectivity index (χ0) is 9.42. The van der Waals surface area contributed by atoms with Gasteiger partial charge in [0.15, 0.2) is 5.78 Å². The summed E-state index contributed by atoms with van der Waals surface area (Å²) in [5.41, 5.74) is 2.32. The molecule has 0 saturated carbocycles. The van der Waals surface area contributed by atoms with Crippen molar-refractivity contribution in [3.63, 3.8) is 0 Å². The molecule has 0 N–H and O–H groups in total. The van der Waals surface area contributed by atoms with Gasteiger partial charge < -0.3 is 0 Å². The van der Waals surface area contributed by atoms with E-state index in [1.807, 2.05) is 13.0 Å². The molecule has 1 aliphatic carbocycles. The molecule has 0 fully saturated rings. The van der Waals surface area contributed by atoms with Crippen LogP contribution in [0.5, 0.6) is 0 Å². The minimum absolute atomic E-state index is 0.0458. The molecule has 2 rings (SSSR count). The number of carbonyl (C=O) groups excluding carboxylic acids is 1. The van der Waals surface area contributed by atoms with Crippen molar-refractivity contribution in [1.82, 2.24) is 0 Å². The van der Waals surface area contributed by atoms with Crippen LogP contribution in [0, 0.1) is 17.2 Å². The van der Waals surface area contributed by atoms with Crippen molar-refractivity contribution in [1.29, 1.82) is 5.26 Å². The average Bonchev–Trinajstić information content (AvgIpc) is 2.43. The lowest BCUT2D eigenvalue weighted by Crippen LogP contribution is -2.02. The second-order valence-electron chi connectivity index (χ2n) is 3.41. The number of hydrogen-bond donors (Lipinski definition) is 0. The highest BCUT2D eigenvalue weighted by atomic mass is 16.1. The molecule has 1 unspecified atom stereocenters. The van der Waals surface area contributed by atoms with E-state index in [2.05, 4.69) is 6.07 Å². The van der Waals surface area contributed by atoms with Crippen LogP contribution in [0.15, 0.2) is 18.2 Å². The number of nitriles is 1. The SMILES string of the molecule is CC1Cc2c(C#N)cccc2C1=O. The predicted octanol–water partition coefficient (Wildman–Crippen LogP) is 1.93. The Morgan fingerprint density at radius 2 is 2.31 bits per heavy atom. The maximum absolute atomic E-state index is 11.6. The van der Waals surface area contributed by atoms with Crippen molar-refractivity contribution >= 4 is 5.78 Å². The number of ketones is 1. The van der Waals surface area contributed by atoms with E-state index in [9.17, 15) is 4.79 Å². The van der Waals surface area contributed by atoms with Crippen molar-refractivity contribution in [2.45, 2.75) is 13.3 Å². The van der Waals surface area contributed by atoms with Crippen LogP contribution < -0.4 is 0 Å². The highest BCUT2D eigenvalue weighted by Gasteiger charge is 2.28. The summed E-state index contributed by atoms with van der Waals surface area (Å²) in [6.07, 6.45) is 0.720. The minimum Gasteiger partial charge on any atom is -0.294 e. The number of rotatable bonds is 0. The van der Waals surface area contributed by atoms with Crippen molar-refractivity contribution in [3.8, 4) is 6.07 Å². The van der Waals surface area contributed by atoms with Gasteiger partial charge in [0.1, 0.15) is 0 Å². The van der Waals surface area contributed by atoms with Crippen LogP contribution in [0.3, 0.4) is 0 Å². The largest absolute Gasteiger partial charge is 0.294 e. The van der Waals surface area contributed by atoms with E-state index in [0.717, 1.165) is 17.5 Å². The van der Waals surface area contributed by atoms with Crippen LogP contribution in [-0.4, -0.2) is 5.78 Å². The first kappa shape index (κ1) is 8.00. The molecule has 64 valence electrons. The van der Waals surface area contributed by atoms with Gasteiger partial charge in [-0.15, -0.1) is 0 Å². The van der Waals surface area contributed by atoms with Gasteiger partial charge >= 0.3 is 0 Å². The number of Topliss-reactive ketones (excluding diaryl/α,β-unsaturated/α-hetero) is 1. The third-order valence-corrected chi connectivity index (χ3v) is 2.52. The van der Waals surface area contributed by atoms with Gasteiger partial charge in [0.05, 0.1) is 11.6 Å². The van der Waals surface area contributed by atoms with E-state index in [1.165, 1.54) is 0 Å². The number of nitrogens with zero attached hydrogens (tertiary/aromatic N) is 1. The number of hydrogen-bond acceptors (Lipinski definition) is 2. The number of benzene rings is 1. The van der Waals surface area contributed by atoms with Gasteiger partial charge in [0.2, 0.25) is 0 Å². The van der Waals surface area contributed by atoms with Gasteiger partial charge in [-0.05, 0) is 18.1 Å². The van der Waals surface area contributed by atoms with Crippen LogP contribution in [0.25, 0.3) is 0 Å². The van der Waals surface area contributed by atoms with E-state index in [1.54, 1.807) is 12.1 Å². The molecule has 2 nitrogen and oxygen atoms in total. The quantitative estimate of drug-likeness (QED) is 0.598. The molecular weight excluding hydrogens is 162 g/mol. The summed E-state index contributed by atoms with van der Waals surface area (Å²) in [7, 11) is 0. The Morgan fingerprint density at radius 3 is 3.00 bits per heavy atom. The molecule has 1 atom stereocenters. The Bertz CT molecular complexity index is 415. The molecule has 0 spiro atoms. The van der Waals surface area contributed by atoms with Gasteiger partial charge in [0, 0.05) is 11.5 Å². The lowest BCUT2D eigenvalue weighted by atomic mass is 10.0. The molecule has 0 bridgehead atoms. The van der Waals surface area contributed by atoms with Crippen molar-refractivity contribution in [2.75, 3.05) is 0 Å². The Kier molecular flexibility index (Phi) is 1.66. The first-order valence-electron chi connectivity index (χ1n) is 4.30. The summed E-state index contributed by atoms with van der Waals surface area (Å²) in [6.45, 7) is 1.91. The molecule has 0 aliphatic heterocycles. The van der Waals surface area contributed by atoms with Crippen LogP contribution >= 0.6 is 0 Å². The topological polar surface area (TPSA) is 40.9 Å². The molecule has 0 radical (unpaired) electrons. The maximum Gasteiger partial charge on any atom is 0.166 e. The van der Waals surface area contributed by atoms with Crippen LogP contribution in [0.1, 0.15) is 28.4 Å². The van der Waals surface area contributed by atoms with E-state index in [0.29, 0.717) is 5.56 Å². The van der Waals surface area contributed by atoms with Crippen molar-refractivity contribution < 1.29 is 4.79 Å². The third kappa shape index (κ3) is 1.05. The smallest absolute Gasteiger partial charge is 0.166 e. The van der Waals surface area contributed by atoms with Gasteiger partial charge in [-0.2, -0.15) is 5.26 Å². The van der Waals surface area contributed by atoms with E-state index < -0.39 is 0 Å². The van der Waals surface area contributed by atoms with Crippen LogP contribution in [-0.2, 0) is 6.42 Å². The third-order valence-electron chi connectivity index (χ3n) is 2.52. The molecule has 0 aromatic heterocycles. The highest BCUT2D eigenvalue weighted by Crippen LogP contribution is 2.28. The van der Waals surface area contributed by atoms with E-state index >= 15 is 0 Å². The normalized spacial score (nSPS) is 19.7. The Morgan fingerprint density at radius 1 is 1.54 bits per heavy atom. The summed E-state index contributed by atoms with van der Waals surface area (Å²) in [6, 6.07) is 7.46. The molecule has 0 amide bonds. The average molecular weight is 171 g/mol.